The highest BCUT2D eigenvalue weighted by Gasteiger charge is 2.07. The average molecular weight is 231 g/mol. The van der Waals surface area contributed by atoms with E-state index < -0.39 is 0 Å². The van der Waals surface area contributed by atoms with Gasteiger partial charge in [0, 0.05) is 24.2 Å². The van der Waals surface area contributed by atoms with E-state index in [9.17, 15) is 0 Å². The highest BCUT2D eigenvalue weighted by atomic mass is 35.5. The van der Waals surface area contributed by atoms with Gasteiger partial charge in [0.1, 0.15) is 5.02 Å². The van der Waals surface area contributed by atoms with Crippen LogP contribution in [0.3, 0.4) is 0 Å². The molecule has 0 N–H and O–H groups in total. The van der Waals surface area contributed by atoms with Crippen molar-refractivity contribution in [3.63, 3.8) is 0 Å². The van der Waals surface area contributed by atoms with Crippen molar-refractivity contribution in [2.24, 2.45) is 0 Å². The predicted molar refractivity (Wildman–Crippen MR) is 61.2 cm³/mol. The molecule has 3 rings (SSSR count). The van der Waals surface area contributed by atoms with E-state index in [1.807, 2.05) is 18.2 Å². The Kier molecular flexibility index (Phi) is 2.08. The summed E-state index contributed by atoms with van der Waals surface area (Å²) in [6.07, 6.45) is 6.82. The van der Waals surface area contributed by atoms with Crippen molar-refractivity contribution in [2.45, 2.75) is 0 Å². The maximum Gasteiger partial charge on any atom is 0.174 e. The first-order chi connectivity index (χ1) is 7.86. The number of rotatable bonds is 1. The minimum atomic E-state index is 0.547. The number of pyridine rings is 1. The number of hydrogen-bond acceptors (Lipinski definition) is 3. The maximum absolute atomic E-state index is 5.97. The minimum Gasteiger partial charge on any atom is -0.264 e. The fourth-order valence-corrected chi connectivity index (χ4v) is 1.77. The number of hydrogen-bond donors (Lipinski definition) is 0. The van der Waals surface area contributed by atoms with E-state index in [2.05, 4.69) is 15.1 Å². The Labute approximate surface area is 96.5 Å². The van der Waals surface area contributed by atoms with Crippen molar-refractivity contribution in [1.82, 2.24) is 19.6 Å². The van der Waals surface area contributed by atoms with Gasteiger partial charge >= 0.3 is 0 Å². The first-order valence-corrected chi connectivity index (χ1v) is 5.13. The SMILES string of the molecule is Clc1cnn2c(-c3cccnc3)ccnc12. The van der Waals surface area contributed by atoms with Crippen LogP contribution < -0.4 is 0 Å². The fourth-order valence-electron chi connectivity index (χ4n) is 1.60. The van der Waals surface area contributed by atoms with Gasteiger partial charge in [-0.2, -0.15) is 5.10 Å². The normalized spacial score (nSPS) is 10.8. The first kappa shape index (κ1) is 9.30. The topological polar surface area (TPSA) is 43.1 Å². The standard InChI is InChI=1S/C11H7ClN4/c12-9-7-15-16-10(3-5-14-11(9)16)8-2-1-4-13-6-8/h1-7H. The molecule has 3 aromatic heterocycles. The lowest BCUT2D eigenvalue weighted by atomic mass is 10.2. The lowest BCUT2D eigenvalue weighted by Crippen LogP contribution is -1.95. The third-order valence-electron chi connectivity index (χ3n) is 2.32. The third kappa shape index (κ3) is 1.35. The second kappa shape index (κ2) is 3.57. The molecule has 0 unspecified atom stereocenters. The summed E-state index contributed by atoms with van der Waals surface area (Å²) in [5.41, 5.74) is 2.56. The smallest absolute Gasteiger partial charge is 0.174 e. The largest absolute Gasteiger partial charge is 0.264 e. The van der Waals surface area contributed by atoms with Crippen molar-refractivity contribution >= 4 is 17.2 Å². The molecular formula is C11H7ClN4. The van der Waals surface area contributed by atoms with Crippen LogP contribution in [0, 0.1) is 0 Å². The monoisotopic (exact) mass is 230 g/mol. The highest BCUT2D eigenvalue weighted by molar-refractivity contribution is 6.33. The van der Waals surface area contributed by atoms with Crippen molar-refractivity contribution in [3.8, 4) is 11.3 Å². The molecule has 0 aliphatic rings. The molecule has 0 amide bonds. The van der Waals surface area contributed by atoms with Gasteiger partial charge in [0.2, 0.25) is 0 Å². The van der Waals surface area contributed by atoms with Gasteiger partial charge in [-0.15, -0.1) is 0 Å². The van der Waals surface area contributed by atoms with Gasteiger partial charge in [-0.3, -0.25) is 4.98 Å². The molecule has 78 valence electrons. The number of fused-ring (bicyclic) bond motifs is 1. The van der Waals surface area contributed by atoms with E-state index >= 15 is 0 Å². The lowest BCUT2D eigenvalue weighted by Gasteiger charge is -2.03. The molecule has 16 heavy (non-hydrogen) atoms. The fraction of sp³-hybridized carbons (Fsp3) is 0. The Morgan fingerprint density at radius 3 is 2.88 bits per heavy atom. The molecule has 0 fully saturated rings. The first-order valence-electron chi connectivity index (χ1n) is 4.75. The van der Waals surface area contributed by atoms with Crippen molar-refractivity contribution in [1.29, 1.82) is 0 Å². The van der Waals surface area contributed by atoms with Crippen LogP contribution in [0.1, 0.15) is 0 Å². The summed E-state index contributed by atoms with van der Waals surface area (Å²) in [7, 11) is 0. The summed E-state index contributed by atoms with van der Waals surface area (Å²) in [6, 6.07) is 5.73. The third-order valence-corrected chi connectivity index (χ3v) is 2.58. The number of aromatic nitrogens is 4. The summed E-state index contributed by atoms with van der Waals surface area (Å²) in [4.78, 5) is 8.26. The molecule has 0 aliphatic carbocycles. The van der Waals surface area contributed by atoms with Gasteiger partial charge in [-0.1, -0.05) is 11.6 Å². The van der Waals surface area contributed by atoms with Gasteiger partial charge in [0.15, 0.2) is 5.65 Å². The molecule has 4 nitrogen and oxygen atoms in total. The van der Waals surface area contributed by atoms with Gasteiger partial charge < -0.3 is 0 Å². The Bertz CT molecular complexity index is 633. The molecule has 0 aliphatic heterocycles. The minimum absolute atomic E-state index is 0.547. The molecule has 5 heteroatoms. The Balaban J connectivity index is 2.32. The number of nitrogens with zero attached hydrogens (tertiary/aromatic N) is 4. The zero-order valence-corrected chi connectivity index (χ0v) is 8.96. The van der Waals surface area contributed by atoms with E-state index in [0.29, 0.717) is 10.7 Å². The molecule has 0 bridgehead atoms. The van der Waals surface area contributed by atoms with Gasteiger partial charge in [0.25, 0.3) is 0 Å². The molecule has 0 atom stereocenters. The molecule has 0 radical (unpaired) electrons. The van der Waals surface area contributed by atoms with Crippen LogP contribution in [0.5, 0.6) is 0 Å². The van der Waals surface area contributed by atoms with Crippen LogP contribution >= 0.6 is 11.6 Å². The van der Waals surface area contributed by atoms with Gasteiger partial charge in [0.05, 0.1) is 11.9 Å². The Hall–Kier alpha value is -1.94. The highest BCUT2D eigenvalue weighted by Crippen LogP contribution is 2.21. The van der Waals surface area contributed by atoms with Crippen LogP contribution in [0.25, 0.3) is 16.9 Å². The van der Waals surface area contributed by atoms with Crippen LogP contribution in [-0.2, 0) is 0 Å². The molecule has 3 aromatic rings. The second-order valence-electron chi connectivity index (χ2n) is 3.30. The van der Waals surface area contributed by atoms with Gasteiger partial charge in [-0.25, -0.2) is 9.50 Å². The van der Waals surface area contributed by atoms with E-state index in [1.165, 1.54) is 0 Å². The van der Waals surface area contributed by atoms with E-state index in [-0.39, 0.29) is 0 Å². The van der Waals surface area contributed by atoms with Crippen LogP contribution in [0.15, 0.2) is 43.0 Å². The molecule has 3 heterocycles. The van der Waals surface area contributed by atoms with Crippen LogP contribution in [-0.4, -0.2) is 19.6 Å². The second-order valence-corrected chi connectivity index (χ2v) is 3.71. The molecule has 0 saturated heterocycles. The summed E-state index contributed by atoms with van der Waals surface area (Å²) in [5.74, 6) is 0. The Morgan fingerprint density at radius 1 is 1.12 bits per heavy atom. The van der Waals surface area contributed by atoms with Crippen LogP contribution in [0.2, 0.25) is 5.02 Å². The molecule has 0 spiro atoms. The van der Waals surface area contributed by atoms with E-state index in [4.69, 9.17) is 11.6 Å². The summed E-state index contributed by atoms with van der Waals surface area (Å²) in [5, 5.41) is 4.74. The van der Waals surface area contributed by atoms with E-state index in [0.717, 1.165) is 11.3 Å². The summed E-state index contributed by atoms with van der Waals surface area (Å²) < 4.78 is 1.71. The van der Waals surface area contributed by atoms with E-state index in [1.54, 1.807) is 29.3 Å². The van der Waals surface area contributed by atoms with Crippen molar-refractivity contribution < 1.29 is 0 Å². The Morgan fingerprint density at radius 2 is 2.06 bits per heavy atom. The average Bonchev–Trinajstić information content (AvgIpc) is 2.73. The van der Waals surface area contributed by atoms with Gasteiger partial charge in [-0.05, 0) is 18.2 Å². The van der Waals surface area contributed by atoms with Crippen LogP contribution in [0.4, 0.5) is 0 Å². The summed E-state index contributed by atoms with van der Waals surface area (Å²) in [6.45, 7) is 0. The van der Waals surface area contributed by atoms with Crippen molar-refractivity contribution in [2.75, 3.05) is 0 Å². The predicted octanol–water partition coefficient (Wildman–Crippen LogP) is 2.44. The van der Waals surface area contributed by atoms with Crippen molar-refractivity contribution in [3.05, 3.63) is 48.0 Å². The maximum atomic E-state index is 5.97. The zero-order valence-electron chi connectivity index (χ0n) is 8.21. The molecular weight excluding hydrogens is 224 g/mol. The summed E-state index contributed by atoms with van der Waals surface area (Å²) >= 11 is 5.97. The molecule has 0 aromatic carbocycles. The molecule has 0 saturated carbocycles. The zero-order chi connectivity index (χ0) is 11.0. The lowest BCUT2D eigenvalue weighted by molar-refractivity contribution is 0.947. The quantitative estimate of drug-likeness (QED) is 0.645. The number of halogens is 1.